The van der Waals surface area contributed by atoms with E-state index in [0.717, 1.165) is 4.90 Å². The van der Waals surface area contributed by atoms with Crippen LogP contribution < -0.4 is 10.9 Å². The molecule has 1 fully saturated rings. The van der Waals surface area contributed by atoms with E-state index in [9.17, 15) is 27.6 Å². The molecule has 0 aromatic carbocycles. The zero-order chi connectivity index (χ0) is 15.3. The van der Waals surface area contributed by atoms with Crippen LogP contribution in [0.3, 0.4) is 0 Å². The number of piperidine rings is 1. The number of halogens is 3. The standard InChI is InChI=1S/C10H14F3N3O4/c11-10(12,13)5-7(17)14-15-8(18)6-1-3-16(4-2-6)9(19)20/h6H,1-5H2,(H,14,17)(H,15,18)(H,19,20). The smallest absolute Gasteiger partial charge is 0.407 e. The Morgan fingerprint density at radius 1 is 1.15 bits per heavy atom. The number of amides is 3. The summed E-state index contributed by atoms with van der Waals surface area (Å²) in [5.74, 6) is -2.50. The molecule has 1 aliphatic heterocycles. The summed E-state index contributed by atoms with van der Waals surface area (Å²) in [5.41, 5.74) is 3.60. The molecule has 1 rings (SSSR count). The van der Waals surface area contributed by atoms with Crippen molar-refractivity contribution < 1.29 is 32.7 Å². The molecule has 10 heteroatoms. The molecule has 0 aromatic heterocycles. The van der Waals surface area contributed by atoms with Crippen molar-refractivity contribution in [1.82, 2.24) is 15.8 Å². The molecule has 1 aliphatic rings. The monoisotopic (exact) mass is 297 g/mol. The van der Waals surface area contributed by atoms with Gasteiger partial charge in [0.2, 0.25) is 11.8 Å². The lowest BCUT2D eigenvalue weighted by atomic mass is 9.96. The largest absolute Gasteiger partial charge is 0.465 e. The number of hydrazine groups is 1. The minimum absolute atomic E-state index is 0.171. The average Bonchev–Trinajstić information content (AvgIpc) is 2.34. The van der Waals surface area contributed by atoms with Gasteiger partial charge in [0.25, 0.3) is 0 Å². The van der Waals surface area contributed by atoms with Gasteiger partial charge in [-0.3, -0.25) is 20.4 Å². The Morgan fingerprint density at radius 3 is 2.15 bits per heavy atom. The van der Waals surface area contributed by atoms with Crippen LogP contribution in [0, 0.1) is 5.92 Å². The molecule has 0 unspecified atom stereocenters. The Kier molecular flexibility index (Phi) is 5.17. The zero-order valence-corrected chi connectivity index (χ0v) is 10.4. The number of rotatable bonds is 2. The summed E-state index contributed by atoms with van der Waals surface area (Å²) in [4.78, 5) is 34.2. The number of hydrogen-bond acceptors (Lipinski definition) is 3. The highest BCUT2D eigenvalue weighted by Crippen LogP contribution is 2.19. The quantitative estimate of drug-likeness (QED) is 0.645. The van der Waals surface area contributed by atoms with Gasteiger partial charge in [-0.15, -0.1) is 0 Å². The maximum atomic E-state index is 11.9. The Hall–Kier alpha value is -2.00. The maximum absolute atomic E-state index is 11.9. The first-order valence-electron chi connectivity index (χ1n) is 5.82. The minimum Gasteiger partial charge on any atom is -0.465 e. The Labute approximate surface area is 112 Å². The number of carbonyl (C=O) groups is 3. The second-order valence-corrected chi connectivity index (χ2v) is 4.37. The normalized spacial score (nSPS) is 16.6. The van der Waals surface area contributed by atoms with E-state index in [-0.39, 0.29) is 25.9 Å². The van der Waals surface area contributed by atoms with Gasteiger partial charge in [0, 0.05) is 19.0 Å². The molecule has 0 saturated carbocycles. The number of likely N-dealkylation sites (tertiary alicyclic amines) is 1. The van der Waals surface area contributed by atoms with Gasteiger partial charge in [0.1, 0.15) is 6.42 Å². The number of hydrogen-bond donors (Lipinski definition) is 3. The van der Waals surface area contributed by atoms with E-state index in [2.05, 4.69) is 0 Å². The van der Waals surface area contributed by atoms with Crippen molar-refractivity contribution in [1.29, 1.82) is 0 Å². The van der Waals surface area contributed by atoms with Crippen LogP contribution in [0.1, 0.15) is 19.3 Å². The third-order valence-corrected chi connectivity index (χ3v) is 2.82. The molecule has 3 N–H and O–H groups in total. The van der Waals surface area contributed by atoms with Gasteiger partial charge in [0.15, 0.2) is 0 Å². The van der Waals surface area contributed by atoms with E-state index < -0.39 is 36.4 Å². The molecule has 1 heterocycles. The summed E-state index contributed by atoms with van der Waals surface area (Å²) in [7, 11) is 0. The van der Waals surface area contributed by atoms with Crippen LogP contribution in [0.2, 0.25) is 0 Å². The van der Waals surface area contributed by atoms with Crippen LogP contribution >= 0.6 is 0 Å². The van der Waals surface area contributed by atoms with Gasteiger partial charge in [0.05, 0.1) is 0 Å². The van der Waals surface area contributed by atoms with Crippen LogP contribution in [0.4, 0.5) is 18.0 Å². The molecule has 0 atom stereocenters. The summed E-state index contributed by atoms with van der Waals surface area (Å²) >= 11 is 0. The molecule has 114 valence electrons. The third-order valence-electron chi connectivity index (χ3n) is 2.82. The second-order valence-electron chi connectivity index (χ2n) is 4.37. The van der Waals surface area contributed by atoms with Gasteiger partial charge in [-0.1, -0.05) is 0 Å². The van der Waals surface area contributed by atoms with Crippen LogP contribution in [0.5, 0.6) is 0 Å². The fraction of sp³-hybridized carbons (Fsp3) is 0.700. The highest BCUT2D eigenvalue weighted by Gasteiger charge is 2.32. The highest BCUT2D eigenvalue weighted by atomic mass is 19.4. The van der Waals surface area contributed by atoms with E-state index in [4.69, 9.17) is 5.11 Å². The van der Waals surface area contributed by atoms with E-state index in [1.54, 1.807) is 5.43 Å². The first-order chi connectivity index (χ1) is 9.19. The van der Waals surface area contributed by atoms with Crippen molar-refractivity contribution in [3.63, 3.8) is 0 Å². The van der Waals surface area contributed by atoms with E-state index in [1.165, 1.54) is 0 Å². The predicted molar refractivity (Wildman–Crippen MR) is 59.3 cm³/mol. The van der Waals surface area contributed by atoms with Gasteiger partial charge in [-0.2, -0.15) is 13.2 Å². The Bertz CT molecular complexity index is 392. The maximum Gasteiger partial charge on any atom is 0.407 e. The number of carboxylic acid groups (broad SMARTS) is 1. The molecule has 20 heavy (non-hydrogen) atoms. The second kappa shape index (κ2) is 6.44. The highest BCUT2D eigenvalue weighted by molar-refractivity contribution is 5.83. The van der Waals surface area contributed by atoms with Crippen LogP contribution in [0.25, 0.3) is 0 Å². The first-order valence-corrected chi connectivity index (χ1v) is 5.82. The lowest BCUT2D eigenvalue weighted by Gasteiger charge is -2.29. The van der Waals surface area contributed by atoms with E-state index >= 15 is 0 Å². The van der Waals surface area contributed by atoms with Crippen molar-refractivity contribution in [3.05, 3.63) is 0 Å². The van der Waals surface area contributed by atoms with Gasteiger partial charge in [-0.25, -0.2) is 4.79 Å². The predicted octanol–water partition coefficient (Wildman–Crippen LogP) is 0.476. The summed E-state index contributed by atoms with van der Waals surface area (Å²) < 4.78 is 35.6. The SMILES string of the molecule is O=C(CC(F)(F)F)NNC(=O)C1CCN(C(=O)O)CC1. The Morgan fingerprint density at radius 2 is 1.70 bits per heavy atom. The molecule has 0 bridgehead atoms. The van der Waals surface area contributed by atoms with Crippen LogP contribution in [-0.4, -0.2) is 47.2 Å². The molecule has 1 saturated heterocycles. The van der Waals surface area contributed by atoms with Crippen molar-refractivity contribution in [2.75, 3.05) is 13.1 Å². The van der Waals surface area contributed by atoms with Gasteiger partial charge in [-0.05, 0) is 12.8 Å². The fourth-order valence-electron chi connectivity index (χ4n) is 1.79. The lowest BCUT2D eigenvalue weighted by molar-refractivity contribution is -0.155. The topological polar surface area (TPSA) is 98.7 Å². The Balaban J connectivity index is 2.31. The van der Waals surface area contributed by atoms with Crippen molar-refractivity contribution >= 4 is 17.9 Å². The molecule has 7 nitrogen and oxygen atoms in total. The first kappa shape index (κ1) is 16.1. The lowest BCUT2D eigenvalue weighted by Crippen LogP contribution is -2.48. The minimum atomic E-state index is -4.64. The molecule has 0 radical (unpaired) electrons. The van der Waals surface area contributed by atoms with Gasteiger partial charge < -0.3 is 10.0 Å². The summed E-state index contributed by atoms with van der Waals surface area (Å²) in [6, 6.07) is 0. The van der Waals surface area contributed by atoms with Crippen molar-refractivity contribution in [2.24, 2.45) is 5.92 Å². The summed E-state index contributed by atoms with van der Waals surface area (Å²) in [6.07, 6.45) is -6.88. The summed E-state index contributed by atoms with van der Waals surface area (Å²) in [6.45, 7) is 0.341. The third kappa shape index (κ3) is 5.33. The molecule has 0 spiro atoms. The van der Waals surface area contributed by atoms with Crippen molar-refractivity contribution in [2.45, 2.75) is 25.4 Å². The average molecular weight is 297 g/mol. The molecule has 0 aromatic rings. The number of carbonyl (C=O) groups excluding carboxylic acids is 2. The molecule has 3 amide bonds. The van der Waals surface area contributed by atoms with Crippen LogP contribution in [-0.2, 0) is 9.59 Å². The van der Waals surface area contributed by atoms with E-state index in [1.807, 2.05) is 5.43 Å². The summed E-state index contributed by atoms with van der Waals surface area (Å²) in [5, 5.41) is 8.71. The number of nitrogens with one attached hydrogen (secondary N) is 2. The van der Waals surface area contributed by atoms with E-state index in [0.29, 0.717) is 0 Å². The van der Waals surface area contributed by atoms with Crippen LogP contribution in [0.15, 0.2) is 0 Å². The van der Waals surface area contributed by atoms with Gasteiger partial charge >= 0.3 is 12.3 Å². The molecular weight excluding hydrogens is 283 g/mol. The molecule has 0 aliphatic carbocycles. The van der Waals surface area contributed by atoms with Crippen molar-refractivity contribution in [3.8, 4) is 0 Å². The zero-order valence-electron chi connectivity index (χ0n) is 10.4. The fourth-order valence-corrected chi connectivity index (χ4v) is 1.79. The number of nitrogens with zero attached hydrogens (tertiary/aromatic N) is 1. The number of alkyl halides is 3. The molecular formula is C10H14F3N3O4.